The number of nitrogens with zero attached hydrogens (tertiary/aromatic N) is 3. The van der Waals surface area contributed by atoms with Gasteiger partial charge in [0.05, 0.1) is 5.52 Å². The van der Waals surface area contributed by atoms with Crippen LogP contribution in [-0.2, 0) is 6.54 Å². The predicted molar refractivity (Wildman–Crippen MR) is 97.7 cm³/mol. The van der Waals surface area contributed by atoms with E-state index in [1.807, 2.05) is 0 Å². The third-order valence-corrected chi connectivity index (χ3v) is 4.28. The number of hydrogen-bond acceptors (Lipinski definition) is 5. The maximum Gasteiger partial charge on any atom is 0.416 e. The summed E-state index contributed by atoms with van der Waals surface area (Å²) in [5.41, 5.74) is 1.33. The summed E-state index contributed by atoms with van der Waals surface area (Å²) >= 11 is 0. The Morgan fingerprint density at radius 2 is 1.93 bits per heavy atom. The van der Waals surface area contributed by atoms with Gasteiger partial charge in [0.25, 0.3) is 5.91 Å². The highest BCUT2D eigenvalue weighted by Gasteiger charge is 2.18. The number of rotatable bonds is 3. The lowest BCUT2D eigenvalue weighted by Crippen LogP contribution is -2.24. The lowest BCUT2D eigenvalue weighted by Gasteiger charge is -2.07. The van der Waals surface area contributed by atoms with Crippen molar-refractivity contribution in [1.29, 1.82) is 0 Å². The van der Waals surface area contributed by atoms with Crippen LogP contribution in [-0.4, -0.2) is 36.7 Å². The summed E-state index contributed by atoms with van der Waals surface area (Å²) < 4.78 is 1.10. The molecule has 0 radical (unpaired) electrons. The Kier molecular flexibility index (Phi) is 3.92. The molecule has 27 heavy (non-hydrogen) atoms. The van der Waals surface area contributed by atoms with Crippen LogP contribution in [0.3, 0.4) is 0 Å². The van der Waals surface area contributed by atoms with Crippen molar-refractivity contribution in [2.45, 2.75) is 6.54 Å². The van der Waals surface area contributed by atoms with Gasteiger partial charge in [-0.3, -0.25) is 14.3 Å². The molecule has 0 spiro atoms. The van der Waals surface area contributed by atoms with Crippen LogP contribution in [0.15, 0.2) is 55.0 Å². The summed E-state index contributed by atoms with van der Waals surface area (Å²) in [7, 11) is 0. The molecule has 0 aliphatic carbocycles. The van der Waals surface area contributed by atoms with Crippen molar-refractivity contribution in [3.8, 4) is 5.75 Å². The number of aromatic hydroxyl groups is 1. The molecular weight excluding hydrogens is 348 g/mol. The molecule has 0 unspecified atom stereocenters. The second-order valence-electron chi connectivity index (χ2n) is 5.90. The number of benzene rings is 1. The Labute approximate surface area is 152 Å². The zero-order valence-corrected chi connectivity index (χ0v) is 14.0. The van der Waals surface area contributed by atoms with Crippen LogP contribution < -0.4 is 5.32 Å². The number of pyridine rings is 2. The van der Waals surface area contributed by atoms with Crippen molar-refractivity contribution in [3.63, 3.8) is 0 Å². The topological polar surface area (TPSA) is 117 Å². The van der Waals surface area contributed by atoms with E-state index in [0.717, 1.165) is 9.95 Å². The highest BCUT2D eigenvalue weighted by molar-refractivity contribution is 6.00. The number of fused-ring (bicyclic) bond motifs is 2. The fourth-order valence-electron chi connectivity index (χ4n) is 3.00. The smallest absolute Gasteiger partial charge is 0.416 e. The molecule has 0 aliphatic rings. The highest BCUT2D eigenvalue weighted by Crippen LogP contribution is 2.25. The first-order valence-corrected chi connectivity index (χ1v) is 8.09. The number of carboxylic acid groups (broad SMARTS) is 1. The van der Waals surface area contributed by atoms with Crippen molar-refractivity contribution in [2.75, 3.05) is 0 Å². The van der Waals surface area contributed by atoms with Gasteiger partial charge in [0.2, 0.25) is 0 Å². The number of nitrogens with one attached hydrogen (secondary N) is 1. The molecule has 0 bridgehead atoms. The van der Waals surface area contributed by atoms with Crippen molar-refractivity contribution in [3.05, 3.63) is 66.2 Å². The molecular formula is C19H14N4O4. The standard InChI is InChI=1S/C19H14N4O4/c24-17-15-11(4-3-7-20-15)8-21-16(17)18(25)22-9-12-10-23(19(26)27)14-6-2-1-5-13(12)14/h1-8,10,24H,9H2,(H,22,25)(H,26,27). The van der Waals surface area contributed by atoms with Gasteiger partial charge in [0.15, 0.2) is 11.4 Å². The zero-order chi connectivity index (χ0) is 19.0. The quantitative estimate of drug-likeness (QED) is 0.516. The summed E-state index contributed by atoms with van der Waals surface area (Å²) in [6, 6.07) is 10.5. The van der Waals surface area contributed by atoms with E-state index in [9.17, 15) is 19.8 Å². The maximum absolute atomic E-state index is 12.5. The Morgan fingerprint density at radius 3 is 2.74 bits per heavy atom. The van der Waals surface area contributed by atoms with Crippen molar-refractivity contribution >= 4 is 33.8 Å². The molecule has 1 amide bonds. The van der Waals surface area contributed by atoms with Gasteiger partial charge in [0.1, 0.15) is 5.52 Å². The normalized spacial score (nSPS) is 11.0. The zero-order valence-electron chi connectivity index (χ0n) is 14.0. The van der Waals surface area contributed by atoms with E-state index >= 15 is 0 Å². The summed E-state index contributed by atoms with van der Waals surface area (Å²) in [6.45, 7) is 0.0843. The van der Waals surface area contributed by atoms with Crippen molar-refractivity contribution < 1.29 is 19.8 Å². The minimum Gasteiger partial charge on any atom is -0.504 e. The lowest BCUT2D eigenvalue weighted by molar-refractivity contribution is 0.0943. The number of aromatic nitrogens is 3. The van der Waals surface area contributed by atoms with Crippen LogP contribution in [0.4, 0.5) is 4.79 Å². The van der Waals surface area contributed by atoms with Crippen LogP contribution in [0.1, 0.15) is 16.1 Å². The summed E-state index contributed by atoms with van der Waals surface area (Å²) in [5, 5.41) is 23.6. The number of amides is 1. The molecule has 4 rings (SSSR count). The Hall–Kier alpha value is -3.94. The third-order valence-electron chi connectivity index (χ3n) is 4.28. The van der Waals surface area contributed by atoms with E-state index < -0.39 is 12.0 Å². The average molecular weight is 362 g/mol. The van der Waals surface area contributed by atoms with E-state index in [0.29, 0.717) is 22.0 Å². The number of carbonyl (C=O) groups is 2. The first kappa shape index (κ1) is 16.5. The summed E-state index contributed by atoms with van der Waals surface area (Å²) in [4.78, 5) is 31.9. The largest absolute Gasteiger partial charge is 0.504 e. The van der Waals surface area contributed by atoms with E-state index in [2.05, 4.69) is 15.3 Å². The van der Waals surface area contributed by atoms with Gasteiger partial charge in [-0.15, -0.1) is 0 Å². The predicted octanol–water partition coefficient (Wildman–Crippen LogP) is 2.75. The Balaban J connectivity index is 1.63. The molecule has 4 aromatic rings. The first-order valence-electron chi connectivity index (χ1n) is 8.09. The number of para-hydroxylation sites is 1. The van der Waals surface area contributed by atoms with E-state index in [1.54, 1.807) is 36.4 Å². The molecule has 0 aliphatic heterocycles. The molecule has 0 saturated carbocycles. The van der Waals surface area contributed by atoms with Gasteiger partial charge >= 0.3 is 6.09 Å². The number of carbonyl (C=O) groups excluding carboxylic acids is 1. The molecule has 0 saturated heterocycles. The van der Waals surface area contributed by atoms with Crippen LogP contribution in [0.5, 0.6) is 5.75 Å². The molecule has 1 aromatic carbocycles. The van der Waals surface area contributed by atoms with Gasteiger partial charge in [-0.05, 0) is 23.8 Å². The highest BCUT2D eigenvalue weighted by atomic mass is 16.4. The fourth-order valence-corrected chi connectivity index (χ4v) is 3.00. The van der Waals surface area contributed by atoms with Gasteiger partial charge in [-0.2, -0.15) is 0 Å². The monoisotopic (exact) mass is 362 g/mol. The van der Waals surface area contributed by atoms with Gasteiger partial charge in [-0.1, -0.05) is 18.2 Å². The van der Waals surface area contributed by atoms with Crippen LogP contribution in [0, 0.1) is 0 Å². The molecule has 8 nitrogen and oxygen atoms in total. The molecule has 3 N–H and O–H groups in total. The molecule has 0 atom stereocenters. The third kappa shape index (κ3) is 2.82. The van der Waals surface area contributed by atoms with E-state index in [4.69, 9.17) is 0 Å². The lowest BCUT2D eigenvalue weighted by atomic mass is 10.1. The minimum absolute atomic E-state index is 0.0843. The Morgan fingerprint density at radius 1 is 1.11 bits per heavy atom. The summed E-state index contributed by atoms with van der Waals surface area (Å²) in [5.74, 6) is -0.870. The van der Waals surface area contributed by atoms with Crippen molar-refractivity contribution in [2.24, 2.45) is 0 Å². The van der Waals surface area contributed by atoms with Crippen LogP contribution in [0.25, 0.3) is 21.8 Å². The average Bonchev–Trinajstić information content (AvgIpc) is 3.06. The second kappa shape index (κ2) is 6.41. The SMILES string of the molecule is O=C(NCc1cn(C(=O)O)c2ccccc12)c1ncc2cccnc2c1O. The Bertz CT molecular complexity index is 1200. The summed E-state index contributed by atoms with van der Waals surface area (Å²) in [6.07, 6.45) is 3.34. The van der Waals surface area contributed by atoms with Gasteiger partial charge in [-0.25, -0.2) is 9.78 Å². The maximum atomic E-state index is 12.5. The second-order valence-corrected chi connectivity index (χ2v) is 5.90. The molecule has 0 fully saturated rings. The fraction of sp³-hybridized carbons (Fsp3) is 0.0526. The van der Waals surface area contributed by atoms with E-state index in [-0.39, 0.29) is 18.0 Å². The molecule has 3 aromatic heterocycles. The number of hydrogen-bond donors (Lipinski definition) is 3. The van der Waals surface area contributed by atoms with E-state index in [1.165, 1.54) is 18.6 Å². The molecule has 8 heteroatoms. The van der Waals surface area contributed by atoms with Gasteiger partial charge in [0, 0.05) is 35.9 Å². The van der Waals surface area contributed by atoms with Crippen molar-refractivity contribution in [1.82, 2.24) is 19.9 Å². The van der Waals surface area contributed by atoms with Gasteiger partial charge < -0.3 is 15.5 Å². The van der Waals surface area contributed by atoms with Crippen LogP contribution >= 0.6 is 0 Å². The van der Waals surface area contributed by atoms with Crippen LogP contribution in [0.2, 0.25) is 0 Å². The minimum atomic E-state index is -1.11. The molecule has 134 valence electrons. The molecule has 3 heterocycles. The first-order chi connectivity index (χ1) is 13.1.